The lowest BCUT2D eigenvalue weighted by Crippen LogP contribution is -1.97. The molecule has 0 amide bonds. The van der Waals surface area contributed by atoms with Gasteiger partial charge in [-0.2, -0.15) is 0 Å². The first kappa shape index (κ1) is 12.0. The van der Waals surface area contributed by atoms with E-state index in [1.54, 1.807) is 0 Å². The van der Waals surface area contributed by atoms with Gasteiger partial charge >= 0.3 is 0 Å². The Morgan fingerprint density at radius 2 is 1.89 bits per heavy atom. The van der Waals surface area contributed by atoms with E-state index in [9.17, 15) is 0 Å². The Labute approximate surface area is 114 Å². The normalized spacial score (nSPS) is 23.7. The Kier molecular flexibility index (Phi) is 3.07. The van der Waals surface area contributed by atoms with Gasteiger partial charge in [0.05, 0.1) is 5.38 Å². The molecule has 0 radical (unpaired) electrons. The van der Waals surface area contributed by atoms with E-state index in [1.165, 1.54) is 40.3 Å². The molecule has 0 fully saturated rings. The summed E-state index contributed by atoms with van der Waals surface area (Å²) >= 11 is 6.62. The summed E-state index contributed by atoms with van der Waals surface area (Å²) in [6, 6.07) is 11.1. The zero-order valence-electron chi connectivity index (χ0n) is 11.0. The van der Waals surface area contributed by atoms with Gasteiger partial charge in [-0.25, -0.2) is 0 Å². The molecule has 1 aliphatic rings. The fourth-order valence-electron chi connectivity index (χ4n) is 3.19. The molecule has 0 aromatic heterocycles. The first-order chi connectivity index (χ1) is 8.66. The van der Waals surface area contributed by atoms with Gasteiger partial charge in [0.1, 0.15) is 0 Å². The minimum atomic E-state index is 0.181. The predicted molar refractivity (Wildman–Crippen MR) is 79.4 cm³/mol. The average molecular weight is 259 g/mol. The van der Waals surface area contributed by atoms with Crippen LogP contribution in [0.2, 0.25) is 0 Å². The maximum Gasteiger partial charge on any atom is 0.0590 e. The largest absolute Gasteiger partial charge is 0.118 e. The van der Waals surface area contributed by atoms with Gasteiger partial charge in [0.2, 0.25) is 0 Å². The molecular formula is C17H19Cl. The van der Waals surface area contributed by atoms with E-state index in [0.29, 0.717) is 0 Å². The van der Waals surface area contributed by atoms with Crippen LogP contribution in [0.5, 0.6) is 0 Å². The van der Waals surface area contributed by atoms with Gasteiger partial charge in [0, 0.05) is 0 Å². The van der Waals surface area contributed by atoms with Crippen LogP contribution in [0.3, 0.4) is 0 Å². The van der Waals surface area contributed by atoms with E-state index in [2.05, 4.69) is 44.2 Å². The second-order valence-electron chi connectivity index (χ2n) is 5.65. The molecule has 0 bridgehead atoms. The molecule has 18 heavy (non-hydrogen) atoms. The Morgan fingerprint density at radius 3 is 2.67 bits per heavy atom. The van der Waals surface area contributed by atoms with Crippen LogP contribution in [-0.4, -0.2) is 0 Å². The lowest BCUT2D eigenvalue weighted by molar-refractivity contribution is 0.503. The zero-order valence-corrected chi connectivity index (χ0v) is 11.8. The van der Waals surface area contributed by atoms with E-state index in [0.717, 1.165) is 12.3 Å². The number of hydrogen-bond donors (Lipinski definition) is 0. The fraction of sp³-hybridized carbons (Fsp3) is 0.412. The Balaban J connectivity index is 2.28. The number of rotatable bonds is 0. The highest BCUT2D eigenvalue weighted by atomic mass is 35.5. The molecule has 2 unspecified atom stereocenters. The van der Waals surface area contributed by atoms with Crippen molar-refractivity contribution in [2.24, 2.45) is 5.92 Å². The van der Waals surface area contributed by atoms with Crippen LogP contribution in [0.1, 0.15) is 41.8 Å². The molecule has 0 heterocycles. The van der Waals surface area contributed by atoms with Crippen molar-refractivity contribution in [1.29, 1.82) is 0 Å². The van der Waals surface area contributed by atoms with E-state index >= 15 is 0 Å². The molecule has 3 rings (SSSR count). The van der Waals surface area contributed by atoms with Crippen molar-refractivity contribution in [2.75, 3.05) is 0 Å². The van der Waals surface area contributed by atoms with E-state index in [-0.39, 0.29) is 5.38 Å². The summed E-state index contributed by atoms with van der Waals surface area (Å²) in [4.78, 5) is 0. The molecule has 0 aliphatic heterocycles. The number of benzene rings is 2. The molecule has 1 heteroatoms. The second kappa shape index (κ2) is 4.59. The minimum Gasteiger partial charge on any atom is -0.118 e. The molecule has 0 saturated heterocycles. The van der Waals surface area contributed by atoms with Gasteiger partial charge in [-0.05, 0) is 59.6 Å². The van der Waals surface area contributed by atoms with E-state index in [1.807, 2.05) is 0 Å². The van der Waals surface area contributed by atoms with Gasteiger partial charge in [0.25, 0.3) is 0 Å². The molecule has 2 aromatic rings. The SMILES string of the molecule is Cc1cc2c(c3ccccc13)CCC(C)CC2Cl. The third-order valence-electron chi connectivity index (χ3n) is 4.23. The third kappa shape index (κ3) is 1.93. The lowest BCUT2D eigenvalue weighted by Gasteiger charge is -2.16. The van der Waals surface area contributed by atoms with E-state index < -0.39 is 0 Å². The second-order valence-corrected chi connectivity index (χ2v) is 6.18. The lowest BCUT2D eigenvalue weighted by atomic mass is 9.92. The molecule has 1 aliphatic carbocycles. The van der Waals surface area contributed by atoms with Crippen molar-refractivity contribution < 1.29 is 0 Å². The van der Waals surface area contributed by atoms with Crippen molar-refractivity contribution >= 4 is 22.4 Å². The van der Waals surface area contributed by atoms with Crippen LogP contribution in [0.4, 0.5) is 0 Å². The predicted octanol–water partition coefficient (Wildman–Crippen LogP) is 5.40. The molecule has 0 saturated carbocycles. The first-order valence-corrected chi connectivity index (χ1v) is 7.25. The Hall–Kier alpha value is -1.01. The highest BCUT2D eigenvalue weighted by Gasteiger charge is 2.22. The van der Waals surface area contributed by atoms with Crippen LogP contribution < -0.4 is 0 Å². The van der Waals surface area contributed by atoms with Crippen LogP contribution in [-0.2, 0) is 6.42 Å². The van der Waals surface area contributed by atoms with Gasteiger partial charge in [-0.3, -0.25) is 0 Å². The molecule has 0 spiro atoms. The summed E-state index contributed by atoms with van der Waals surface area (Å²) in [5.41, 5.74) is 4.21. The number of halogens is 1. The molecule has 0 nitrogen and oxygen atoms in total. The average Bonchev–Trinajstić information content (AvgIpc) is 2.50. The van der Waals surface area contributed by atoms with Crippen molar-refractivity contribution in [2.45, 2.75) is 38.5 Å². The summed E-state index contributed by atoms with van der Waals surface area (Å²) in [5, 5.41) is 2.97. The summed E-state index contributed by atoms with van der Waals surface area (Å²) < 4.78 is 0. The summed E-state index contributed by atoms with van der Waals surface area (Å²) in [6.07, 6.45) is 3.52. The van der Waals surface area contributed by atoms with Crippen molar-refractivity contribution in [3.05, 3.63) is 47.0 Å². The van der Waals surface area contributed by atoms with Crippen LogP contribution in [0, 0.1) is 12.8 Å². The number of aryl methyl sites for hydroxylation is 2. The van der Waals surface area contributed by atoms with E-state index in [4.69, 9.17) is 11.6 Å². The standard InChI is InChI=1S/C17H19Cl/c1-11-7-8-15-14-6-4-3-5-13(14)12(2)10-16(15)17(18)9-11/h3-6,10-11,17H,7-9H2,1-2H3. The van der Waals surface area contributed by atoms with Gasteiger partial charge in [-0.1, -0.05) is 37.3 Å². The Morgan fingerprint density at radius 1 is 1.17 bits per heavy atom. The number of hydrogen-bond acceptors (Lipinski definition) is 0. The molecule has 94 valence electrons. The van der Waals surface area contributed by atoms with Crippen LogP contribution >= 0.6 is 11.6 Å². The maximum atomic E-state index is 6.62. The highest BCUT2D eigenvalue weighted by Crippen LogP contribution is 2.40. The van der Waals surface area contributed by atoms with Crippen molar-refractivity contribution in [3.63, 3.8) is 0 Å². The van der Waals surface area contributed by atoms with Crippen molar-refractivity contribution in [3.8, 4) is 0 Å². The minimum absolute atomic E-state index is 0.181. The molecule has 2 aromatic carbocycles. The summed E-state index contributed by atoms with van der Waals surface area (Å²) in [5.74, 6) is 0.721. The van der Waals surface area contributed by atoms with Crippen LogP contribution in [0.15, 0.2) is 30.3 Å². The topological polar surface area (TPSA) is 0 Å². The smallest absolute Gasteiger partial charge is 0.0590 e. The Bertz CT molecular complexity index is 585. The molecule has 0 N–H and O–H groups in total. The number of alkyl halides is 1. The van der Waals surface area contributed by atoms with Crippen LogP contribution in [0.25, 0.3) is 10.8 Å². The maximum absolute atomic E-state index is 6.62. The third-order valence-corrected chi connectivity index (χ3v) is 4.64. The first-order valence-electron chi connectivity index (χ1n) is 6.82. The summed E-state index contributed by atoms with van der Waals surface area (Å²) in [6.45, 7) is 4.51. The van der Waals surface area contributed by atoms with Gasteiger partial charge < -0.3 is 0 Å². The monoisotopic (exact) mass is 258 g/mol. The quantitative estimate of drug-likeness (QED) is 0.438. The number of fused-ring (bicyclic) bond motifs is 3. The zero-order chi connectivity index (χ0) is 12.7. The van der Waals surface area contributed by atoms with Gasteiger partial charge in [0.15, 0.2) is 0 Å². The fourth-order valence-corrected chi connectivity index (χ4v) is 3.69. The molecule has 2 atom stereocenters. The highest BCUT2D eigenvalue weighted by molar-refractivity contribution is 6.21. The van der Waals surface area contributed by atoms with Gasteiger partial charge in [-0.15, -0.1) is 11.6 Å². The molecular weight excluding hydrogens is 240 g/mol. The summed E-state index contributed by atoms with van der Waals surface area (Å²) in [7, 11) is 0. The van der Waals surface area contributed by atoms with Crippen molar-refractivity contribution in [1.82, 2.24) is 0 Å².